The molecule has 3 rings (SSSR count). The van der Waals surface area contributed by atoms with Crippen LogP contribution in [0.3, 0.4) is 0 Å². The van der Waals surface area contributed by atoms with Gasteiger partial charge in [-0.2, -0.15) is 0 Å². The van der Waals surface area contributed by atoms with Gasteiger partial charge in [0.25, 0.3) is 0 Å². The fourth-order valence-electron chi connectivity index (χ4n) is 2.92. The van der Waals surface area contributed by atoms with E-state index in [1.54, 1.807) is 6.92 Å². The molecule has 1 amide bonds. The van der Waals surface area contributed by atoms with Crippen LogP contribution >= 0.6 is 0 Å². The number of aryl methyl sites for hydroxylation is 1. The molecule has 1 aliphatic rings. The predicted octanol–water partition coefficient (Wildman–Crippen LogP) is 2.64. The summed E-state index contributed by atoms with van der Waals surface area (Å²) in [6, 6.07) is 8.41. The summed E-state index contributed by atoms with van der Waals surface area (Å²) in [5.74, 6) is 0.0544. The van der Waals surface area contributed by atoms with E-state index in [0.717, 1.165) is 19.4 Å². The van der Waals surface area contributed by atoms with Crippen molar-refractivity contribution < 1.29 is 4.79 Å². The first-order chi connectivity index (χ1) is 8.62. The van der Waals surface area contributed by atoms with E-state index in [4.69, 9.17) is 0 Å². The van der Waals surface area contributed by atoms with Crippen molar-refractivity contribution in [2.24, 2.45) is 0 Å². The van der Waals surface area contributed by atoms with E-state index in [1.807, 2.05) is 0 Å². The fourth-order valence-corrected chi connectivity index (χ4v) is 2.92. The lowest BCUT2D eigenvalue weighted by atomic mass is 9.93. The Balaban J connectivity index is 2.03. The summed E-state index contributed by atoms with van der Waals surface area (Å²) in [7, 11) is 0. The molecule has 94 valence electrons. The van der Waals surface area contributed by atoms with Crippen LogP contribution in [0.2, 0.25) is 0 Å². The van der Waals surface area contributed by atoms with Crippen molar-refractivity contribution >= 4 is 16.8 Å². The molecule has 0 bridgehead atoms. The van der Waals surface area contributed by atoms with E-state index >= 15 is 0 Å². The van der Waals surface area contributed by atoms with E-state index in [0.29, 0.717) is 0 Å². The van der Waals surface area contributed by atoms with E-state index in [1.165, 1.54) is 22.2 Å². The van der Waals surface area contributed by atoms with Crippen LogP contribution in [0.1, 0.15) is 31.0 Å². The molecule has 1 aliphatic carbocycles. The van der Waals surface area contributed by atoms with Gasteiger partial charge in [-0.1, -0.05) is 18.2 Å². The zero-order valence-electron chi connectivity index (χ0n) is 10.8. The third kappa shape index (κ3) is 1.70. The van der Waals surface area contributed by atoms with Crippen LogP contribution in [0.25, 0.3) is 10.9 Å². The van der Waals surface area contributed by atoms with Crippen LogP contribution in [-0.2, 0) is 10.2 Å². The van der Waals surface area contributed by atoms with Crippen molar-refractivity contribution in [2.45, 2.75) is 32.1 Å². The third-order valence-corrected chi connectivity index (χ3v) is 3.95. The maximum atomic E-state index is 11.1. The molecule has 0 atom stereocenters. The largest absolute Gasteiger partial charge is 0.358 e. The van der Waals surface area contributed by atoms with Crippen molar-refractivity contribution in [1.82, 2.24) is 10.3 Å². The molecule has 0 unspecified atom stereocenters. The van der Waals surface area contributed by atoms with Gasteiger partial charge in [-0.3, -0.25) is 4.79 Å². The lowest BCUT2D eigenvalue weighted by Gasteiger charge is -2.16. The van der Waals surface area contributed by atoms with Crippen LogP contribution in [0, 0.1) is 6.92 Å². The highest BCUT2D eigenvalue weighted by atomic mass is 16.1. The number of carbonyl (C=O) groups excluding carboxylic acids is 1. The van der Waals surface area contributed by atoms with Crippen LogP contribution in [0.15, 0.2) is 24.3 Å². The van der Waals surface area contributed by atoms with Crippen LogP contribution < -0.4 is 5.32 Å². The van der Waals surface area contributed by atoms with Gasteiger partial charge < -0.3 is 10.3 Å². The van der Waals surface area contributed by atoms with Gasteiger partial charge in [-0.15, -0.1) is 0 Å². The topological polar surface area (TPSA) is 44.9 Å². The van der Waals surface area contributed by atoms with Crippen molar-refractivity contribution in [3.63, 3.8) is 0 Å². The van der Waals surface area contributed by atoms with Gasteiger partial charge in [0.1, 0.15) is 0 Å². The molecule has 18 heavy (non-hydrogen) atoms. The van der Waals surface area contributed by atoms with Gasteiger partial charge in [0.2, 0.25) is 5.91 Å². The molecule has 2 N–H and O–H groups in total. The van der Waals surface area contributed by atoms with E-state index in [9.17, 15) is 4.79 Å². The molecular weight excluding hydrogens is 224 g/mol. The summed E-state index contributed by atoms with van der Waals surface area (Å²) in [5.41, 5.74) is 3.99. The van der Waals surface area contributed by atoms with Gasteiger partial charge in [0.15, 0.2) is 0 Å². The van der Waals surface area contributed by atoms with Gasteiger partial charge >= 0.3 is 0 Å². The number of benzene rings is 1. The average Bonchev–Trinajstić information content (AvgIpc) is 3.03. The summed E-state index contributed by atoms with van der Waals surface area (Å²) in [6.07, 6.45) is 2.33. The van der Waals surface area contributed by atoms with Gasteiger partial charge in [0.05, 0.1) is 0 Å². The predicted molar refractivity (Wildman–Crippen MR) is 72.6 cm³/mol. The second-order valence-corrected chi connectivity index (χ2v) is 5.36. The number of nitrogens with one attached hydrogen (secondary N) is 2. The number of amides is 1. The number of aromatic nitrogens is 1. The molecule has 1 fully saturated rings. The summed E-state index contributed by atoms with van der Waals surface area (Å²) in [6.45, 7) is 4.46. The zero-order valence-corrected chi connectivity index (χ0v) is 10.8. The minimum Gasteiger partial charge on any atom is -0.358 e. The molecule has 0 spiro atoms. The molecule has 1 heterocycles. The Morgan fingerprint density at radius 1 is 1.39 bits per heavy atom. The van der Waals surface area contributed by atoms with Crippen molar-refractivity contribution in [1.29, 1.82) is 0 Å². The molecule has 0 radical (unpaired) electrons. The third-order valence-electron chi connectivity index (χ3n) is 3.95. The Kier molecular flexibility index (Phi) is 2.44. The summed E-state index contributed by atoms with van der Waals surface area (Å²) >= 11 is 0. The number of rotatable bonds is 3. The lowest BCUT2D eigenvalue weighted by molar-refractivity contribution is -0.119. The highest BCUT2D eigenvalue weighted by Gasteiger charge is 2.46. The first-order valence-electron chi connectivity index (χ1n) is 6.45. The molecule has 0 saturated heterocycles. The molecule has 1 aromatic heterocycles. The average molecular weight is 242 g/mol. The summed E-state index contributed by atoms with van der Waals surface area (Å²) < 4.78 is 0. The Bertz CT molecular complexity index is 608. The smallest absolute Gasteiger partial charge is 0.216 e. The number of hydrogen-bond donors (Lipinski definition) is 2. The highest BCUT2D eigenvalue weighted by molar-refractivity contribution is 5.86. The van der Waals surface area contributed by atoms with Gasteiger partial charge in [-0.25, -0.2) is 0 Å². The van der Waals surface area contributed by atoms with Crippen molar-refractivity contribution in [2.75, 3.05) is 6.54 Å². The number of para-hydroxylation sites is 1. The SMILES string of the molecule is CC(=O)NCC1(c2c(C)[nH]c3ccccc23)CC1. The van der Waals surface area contributed by atoms with Crippen LogP contribution in [0.4, 0.5) is 0 Å². The van der Waals surface area contributed by atoms with Crippen LogP contribution in [0.5, 0.6) is 0 Å². The highest BCUT2D eigenvalue weighted by Crippen LogP contribution is 2.51. The molecule has 3 nitrogen and oxygen atoms in total. The normalized spacial score (nSPS) is 16.8. The minimum absolute atomic E-state index is 0.0544. The van der Waals surface area contributed by atoms with Crippen LogP contribution in [-0.4, -0.2) is 17.4 Å². The first kappa shape index (κ1) is 11.3. The second kappa shape index (κ2) is 3.87. The minimum atomic E-state index is 0.0544. The van der Waals surface area contributed by atoms with Crippen molar-refractivity contribution in [3.8, 4) is 0 Å². The Hall–Kier alpha value is -1.77. The van der Waals surface area contributed by atoms with E-state index in [-0.39, 0.29) is 11.3 Å². The molecule has 3 heteroatoms. The van der Waals surface area contributed by atoms with Gasteiger partial charge in [0, 0.05) is 35.5 Å². The van der Waals surface area contributed by atoms with E-state index < -0.39 is 0 Å². The summed E-state index contributed by atoms with van der Waals surface area (Å²) in [4.78, 5) is 14.6. The monoisotopic (exact) mass is 242 g/mol. The van der Waals surface area contributed by atoms with Crippen molar-refractivity contribution in [3.05, 3.63) is 35.5 Å². The molecular formula is C15H18N2O. The number of aromatic amines is 1. The fraction of sp³-hybridized carbons (Fsp3) is 0.400. The number of fused-ring (bicyclic) bond motifs is 1. The molecule has 2 aromatic rings. The van der Waals surface area contributed by atoms with Gasteiger partial charge in [-0.05, 0) is 31.4 Å². The molecule has 1 saturated carbocycles. The standard InChI is InChI=1S/C15H18N2O/c1-10-14(12-5-3-4-6-13(12)17-10)15(7-8-15)9-16-11(2)18/h3-6,17H,7-9H2,1-2H3,(H,16,18). The molecule has 0 aliphatic heterocycles. The van der Waals surface area contributed by atoms with E-state index in [2.05, 4.69) is 41.5 Å². The number of hydrogen-bond acceptors (Lipinski definition) is 1. The Morgan fingerprint density at radius 2 is 2.11 bits per heavy atom. The second-order valence-electron chi connectivity index (χ2n) is 5.36. The quantitative estimate of drug-likeness (QED) is 0.854. The first-order valence-corrected chi connectivity index (χ1v) is 6.45. The Morgan fingerprint density at radius 3 is 2.78 bits per heavy atom. The maximum absolute atomic E-state index is 11.1. The zero-order chi connectivity index (χ0) is 12.8. The molecule has 1 aromatic carbocycles. The lowest BCUT2D eigenvalue weighted by Crippen LogP contribution is -2.30. The number of H-pyrrole nitrogens is 1. The maximum Gasteiger partial charge on any atom is 0.216 e. The summed E-state index contributed by atoms with van der Waals surface area (Å²) in [5, 5.41) is 4.28. The number of carbonyl (C=O) groups is 1. The Labute approximate surface area is 107 Å².